The van der Waals surface area contributed by atoms with Crippen LogP contribution in [0, 0.1) is 18.6 Å². The van der Waals surface area contributed by atoms with Crippen molar-refractivity contribution in [2.75, 3.05) is 0 Å². The van der Waals surface area contributed by atoms with Gasteiger partial charge in [0.1, 0.15) is 0 Å². The lowest BCUT2D eigenvalue weighted by Gasteiger charge is -2.06. The van der Waals surface area contributed by atoms with Crippen molar-refractivity contribution < 1.29 is 0 Å². The van der Waals surface area contributed by atoms with Gasteiger partial charge in [0, 0.05) is 6.20 Å². The van der Waals surface area contributed by atoms with Crippen molar-refractivity contribution in [1.29, 1.82) is 0 Å². The molecule has 3 rings (SSSR count). The van der Waals surface area contributed by atoms with Crippen molar-refractivity contribution in [2.45, 2.75) is 13.8 Å². The number of imidazole rings is 1. The van der Waals surface area contributed by atoms with Gasteiger partial charge >= 0.3 is 0 Å². The molecule has 0 radical (unpaired) electrons. The van der Waals surface area contributed by atoms with Gasteiger partial charge in [-0.25, -0.2) is 4.98 Å². The number of rotatable bonds is 1. The van der Waals surface area contributed by atoms with Crippen LogP contribution in [-0.2, 0) is 0 Å². The minimum atomic E-state index is 0.675. The summed E-state index contributed by atoms with van der Waals surface area (Å²) in [5, 5.41) is 0. The Morgan fingerprint density at radius 3 is 2.61 bits per heavy atom. The van der Waals surface area contributed by atoms with Gasteiger partial charge in [-0.3, -0.25) is 4.57 Å². The molecular formula is C14H13N3S. The van der Waals surface area contributed by atoms with Gasteiger partial charge in [-0.05, 0) is 61.5 Å². The summed E-state index contributed by atoms with van der Waals surface area (Å²) >= 11 is 5.39. The van der Waals surface area contributed by atoms with Crippen LogP contribution >= 0.6 is 12.2 Å². The molecule has 1 N–H and O–H groups in total. The minimum Gasteiger partial charge on any atom is -0.329 e. The molecule has 3 aromatic rings. The van der Waals surface area contributed by atoms with Gasteiger partial charge < -0.3 is 4.98 Å². The lowest BCUT2D eigenvalue weighted by atomic mass is 10.1. The number of nitrogens with one attached hydrogen (secondary N) is 1. The highest BCUT2D eigenvalue weighted by molar-refractivity contribution is 7.71. The lowest BCUT2D eigenvalue weighted by molar-refractivity contribution is 1.04. The van der Waals surface area contributed by atoms with Crippen LogP contribution in [0.15, 0.2) is 36.5 Å². The standard InChI is InChI=1S/C14H13N3S/c1-9-6-10(2)8-11(7-9)17-13-12(16-14(17)18)4-3-5-15-13/h3-8H,1-2H3,(H,16,18). The summed E-state index contributed by atoms with van der Waals surface area (Å²) in [5.74, 6) is 0. The molecule has 0 unspecified atom stereocenters. The van der Waals surface area contributed by atoms with E-state index < -0.39 is 0 Å². The van der Waals surface area contributed by atoms with E-state index in [-0.39, 0.29) is 0 Å². The van der Waals surface area contributed by atoms with Gasteiger partial charge in [-0.15, -0.1) is 0 Å². The van der Waals surface area contributed by atoms with Crippen LogP contribution in [0.4, 0.5) is 0 Å². The zero-order chi connectivity index (χ0) is 12.7. The first-order valence-electron chi connectivity index (χ1n) is 5.79. The van der Waals surface area contributed by atoms with E-state index in [0.717, 1.165) is 16.9 Å². The highest BCUT2D eigenvalue weighted by atomic mass is 32.1. The van der Waals surface area contributed by atoms with Gasteiger partial charge in [-0.1, -0.05) is 6.07 Å². The molecule has 0 aliphatic carbocycles. The SMILES string of the molecule is Cc1cc(C)cc(-n2c(=S)[nH]c3cccnc32)c1. The maximum absolute atomic E-state index is 5.39. The fourth-order valence-corrected chi connectivity index (χ4v) is 2.56. The van der Waals surface area contributed by atoms with Crippen LogP contribution in [0.5, 0.6) is 0 Å². The normalized spacial score (nSPS) is 11.0. The van der Waals surface area contributed by atoms with Gasteiger partial charge in [-0.2, -0.15) is 0 Å². The van der Waals surface area contributed by atoms with Crippen molar-refractivity contribution in [2.24, 2.45) is 0 Å². The monoisotopic (exact) mass is 255 g/mol. The molecule has 18 heavy (non-hydrogen) atoms. The number of H-pyrrole nitrogens is 1. The van der Waals surface area contributed by atoms with E-state index in [1.807, 2.05) is 16.7 Å². The Hall–Kier alpha value is -1.94. The van der Waals surface area contributed by atoms with Gasteiger partial charge in [0.15, 0.2) is 10.4 Å². The summed E-state index contributed by atoms with van der Waals surface area (Å²) in [5.41, 5.74) is 5.32. The first-order valence-corrected chi connectivity index (χ1v) is 6.20. The van der Waals surface area contributed by atoms with Crippen molar-refractivity contribution in [3.63, 3.8) is 0 Å². The zero-order valence-electron chi connectivity index (χ0n) is 10.3. The number of pyridine rings is 1. The highest BCUT2D eigenvalue weighted by Crippen LogP contribution is 2.19. The second-order valence-corrected chi connectivity index (χ2v) is 4.87. The third-order valence-electron chi connectivity index (χ3n) is 2.91. The maximum atomic E-state index is 5.39. The van der Waals surface area contributed by atoms with Crippen LogP contribution in [0.1, 0.15) is 11.1 Å². The Morgan fingerprint density at radius 1 is 1.17 bits per heavy atom. The Morgan fingerprint density at radius 2 is 1.89 bits per heavy atom. The molecular weight excluding hydrogens is 242 g/mol. The van der Waals surface area contributed by atoms with Crippen molar-refractivity contribution in [3.05, 3.63) is 52.4 Å². The molecule has 0 amide bonds. The predicted octanol–water partition coefficient (Wildman–Crippen LogP) is 3.70. The first kappa shape index (κ1) is 11.2. The lowest BCUT2D eigenvalue weighted by Crippen LogP contribution is -1.96. The average Bonchev–Trinajstić information content (AvgIpc) is 2.63. The summed E-state index contributed by atoms with van der Waals surface area (Å²) < 4.78 is 2.65. The zero-order valence-corrected chi connectivity index (χ0v) is 11.1. The summed E-state index contributed by atoms with van der Waals surface area (Å²) in [6, 6.07) is 10.3. The quantitative estimate of drug-likeness (QED) is 0.673. The number of nitrogens with zero attached hydrogens (tertiary/aromatic N) is 2. The summed E-state index contributed by atoms with van der Waals surface area (Å²) in [6.45, 7) is 4.17. The Labute approximate surface area is 110 Å². The molecule has 3 nitrogen and oxygen atoms in total. The summed E-state index contributed by atoms with van der Waals surface area (Å²) in [4.78, 5) is 7.58. The number of aromatic nitrogens is 3. The molecule has 2 aromatic heterocycles. The van der Waals surface area contributed by atoms with E-state index >= 15 is 0 Å². The maximum Gasteiger partial charge on any atom is 0.183 e. The third-order valence-corrected chi connectivity index (χ3v) is 3.19. The molecule has 0 bridgehead atoms. The van der Waals surface area contributed by atoms with E-state index in [0.29, 0.717) is 4.77 Å². The second-order valence-electron chi connectivity index (χ2n) is 4.49. The topological polar surface area (TPSA) is 33.6 Å². The van der Waals surface area contributed by atoms with Gasteiger partial charge in [0.25, 0.3) is 0 Å². The predicted molar refractivity (Wildman–Crippen MR) is 75.7 cm³/mol. The average molecular weight is 255 g/mol. The summed E-state index contributed by atoms with van der Waals surface area (Å²) in [7, 11) is 0. The molecule has 0 atom stereocenters. The molecule has 2 heterocycles. The highest BCUT2D eigenvalue weighted by Gasteiger charge is 2.07. The fraction of sp³-hybridized carbons (Fsp3) is 0.143. The molecule has 0 aliphatic heterocycles. The molecule has 0 saturated heterocycles. The number of aromatic amines is 1. The van der Waals surface area contributed by atoms with Crippen LogP contribution in [-0.4, -0.2) is 14.5 Å². The second kappa shape index (κ2) is 4.07. The largest absolute Gasteiger partial charge is 0.329 e. The van der Waals surface area contributed by atoms with Crippen molar-refractivity contribution >= 4 is 23.4 Å². The van der Waals surface area contributed by atoms with E-state index in [1.54, 1.807) is 6.20 Å². The third kappa shape index (κ3) is 1.75. The fourth-order valence-electron chi connectivity index (χ4n) is 2.26. The molecule has 0 aliphatic rings. The molecule has 0 spiro atoms. The molecule has 90 valence electrons. The number of hydrogen-bond donors (Lipinski definition) is 1. The van der Waals surface area contributed by atoms with Gasteiger partial charge in [0.05, 0.1) is 11.2 Å². The first-order chi connectivity index (χ1) is 8.65. The van der Waals surface area contributed by atoms with Crippen LogP contribution in [0.25, 0.3) is 16.9 Å². The van der Waals surface area contributed by atoms with E-state index in [9.17, 15) is 0 Å². The Balaban J connectivity index is 2.37. The van der Waals surface area contributed by atoms with Crippen LogP contribution in [0.3, 0.4) is 0 Å². The van der Waals surface area contributed by atoms with E-state index in [1.165, 1.54) is 11.1 Å². The number of hydrogen-bond acceptors (Lipinski definition) is 2. The molecule has 0 saturated carbocycles. The number of fused-ring (bicyclic) bond motifs is 1. The number of benzene rings is 1. The molecule has 1 aromatic carbocycles. The summed E-state index contributed by atoms with van der Waals surface area (Å²) in [6.07, 6.45) is 1.78. The minimum absolute atomic E-state index is 0.675. The molecule has 4 heteroatoms. The van der Waals surface area contributed by atoms with Gasteiger partial charge in [0.2, 0.25) is 0 Å². The number of aryl methyl sites for hydroxylation is 2. The van der Waals surface area contributed by atoms with Crippen molar-refractivity contribution in [1.82, 2.24) is 14.5 Å². The van der Waals surface area contributed by atoms with Crippen LogP contribution < -0.4 is 0 Å². The molecule has 0 fully saturated rings. The van der Waals surface area contributed by atoms with E-state index in [2.05, 4.69) is 42.0 Å². The Bertz CT molecular complexity index is 763. The Kier molecular flexibility index (Phi) is 2.52. The van der Waals surface area contributed by atoms with E-state index in [4.69, 9.17) is 12.2 Å². The smallest absolute Gasteiger partial charge is 0.183 e. The van der Waals surface area contributed by atoms with Crippen LogP contribution in [0.2, 0.25) is 0 Å². The van der Waals surface area contributed by atoms with Crippen molar-refractivity contribution in [3.8, 4) is 5.69 Å².